The van der Waals surface area contributed by atoms with Gasteiger partial charge in [0, 0.05) is 6.54 Å². The largest absolute Gasteiger partial charge is 0.480 e. The Morgan fingerprint density at radius 2 is 1.84 bits per heavy atom. The topological polar surface area (TPSA) is 49.3 Å². The van der Waals surface area contributed by atoms with Gasteiger partial charge in [0.2, 0.25) is 0 Å². The molecule has 1 aliphatic rings. The van der Waals surface area contributed by atoms with E-state index in [0.29, 0.717) is 19.4 Å². The van der Waals surface area contributed by atoms with Gasteiger partial charge in [0.15, 0.2) is 0 Å². The van der Waals surface area contributed by atoms with Crippen molar-refractivity contribution in [1.29, 1.82) is 0 Å². The van der Waals surface area contributed by atoms with E-state index in [9.17, 15) is 18.0 Å². The van der Waals surface area contributed by atoms with Crippen molar-refractivity contribution in [2.45, 2.75) is 31.0 Å². The first-order valence-corrected chi connectivity index (χ1v) is 6.01. The molecule has 19 heavy (non-hydrogen) atoms. The molecule has 1 saturated heterocycles. The van der Waals surface area contributed by atoms with Gasteiger partial charge in [-0.1, -0.05) is 12.1 Å². The number of halogens is 3. The number of nitrogens with one attached hydrogen (secondary N) is 1. The van der Waals surface area contributed by atoms with Crippen LogP contribution in [0, 0.1) is 0 Å². The number of alkyl halides is 3. The Labute approximate surface area is 108 Å². The molecule has 0 bridgehead atoms. The summed E-state index contributed by atoms with van der Waals surface area (Å²) >= 11 is 0. The summed E-state index contributed by atoms with van der Waals surface area (Å²) in [6.45, 7) is 0.475. The van der Waals surface area contributed by atoms with Crippen LogP contribution in [-0.2, 0) is 11.0 Å². The maximum atomic E-state index is 12.4. The van der Waals surface area contributed by atoms with E-state index in [1.807, 2.05) is 0 Å². The summed E-state index contributed by atoms with van der Waals surface area (Å²) in [5.41, 5.74) is 0.146. The molecule has 1 fully saturated rings. The maximum absolute atomic E-state index is 12.4. The second kappa shape index (κ2) is 5.21. The zero-order valence-corrected chi connectivity index (χ0v) is 10.1. The van der Waals surface area contributed by atoms with Crippen LogP contribution in [0.3, 0.4) is 0 Å². The molecule has 0 saturated carbocycles. The van der Waals surface area contributed by atoms with Gasteiger partial charge in [-0.2, -0.15) is 13.2 Å². The van der Waals surface area contributed by atoms with Crippen LogP contribution in [-0.4, -0.2) is 23.7 Å². The number of hydrogen-bond donors (Lipinski definition) is 2. The zero-order chi connectivity index (χ0) is 14.0. The van der Waals surface area contributed by atoms with E-state index >= 15 is 0 Å². The van der Waals surface area contributed by atoms with Crippen LogP contribution in [0.4, 0.5) is 13.2 Å². The molecular formula is C13H14F3NO2. The van der Waals surface area contributed by atoms with E-state index in [1.54, 1.807) is 0 Å². The van der Waals surface area contributed by atoms with Crippen molar-refractivity contribution in [3.63, 3.8) is 0 Å². The summed E-state index contributed by atoms with van der Waals surface area (Å²) < 4.78 is 37.3. The Balaban J connectivity index is 2.02. The van der Waals surface area contributed by atoms with Crippen molar-refractivity contribution in [3.8, 4) is 0 Å². The highest BCUT2D eigenvalue weighted by Gasteiger charge is 2.31. The molecule has 0 amide bonds. The lowest BCUT2D eigenvalue weighted by Crippen LogP contribution is -2.43. The monoisotopic (exact) mass is 273 g/mol. The lowest BCUT2D eigenvalue weighted by Gasteiger charge is -2.27. The highest BCUT2D eigenvalue weighted by Crippen LogP contribution is 2.31. The van der Waals surface area contributed by atoms with Gasteiger partial charge in [-0.05, 0) is 36.5 Å². The van der Waals surface area contributed by atoms with Crippen LogP contribution in [0.1, 0.15) is 29.9 Å². The highest BCUT2D eigenvalue weighted by molar-refractivity contribution is 5.73. The molecule has 1 heterocycles. The smallest absolute Gasteiger partial charge is 0.416 e. The van der Waals surface area contributed by atoms with Crippen molar-refractivity contribution >= 4 is 5.97 Å². The van der Waals surface area contributed by atoms with Gasteiger partial charge in [0.1, 0.15) is 6.04 Å². The minimum Gasteiger partial charge on any atom is -0.480 e. The summed E-state index contributed by atoms with van der Waals surface area (Å²) in [4.78, 5) is 10.8. The number of hydrogen-bond acceptors (Lipinski definition) is 2. The average Bonchev–Trinajstić information content (AvgIpc) is 2.38. The second-order valence-corrected chi connectivity index (χ2v) is 4.69. The van der Waals surface area contributed by atoms with Gasteiger partial charge in [0.05, 0.1) is 5.56 Å². The summed E-state index contributed by atoms with van der Waals surface area (Å²) in [5, 5.41) is 11.7. The van der Waals surface area contributed by atoms with E-state index in [-0.39, 0.29) is 5.92 Å². The number of carboxylic acids is 1. The maximum Gasteiger partial charge on any atom is 0.416 e. The van der Waals surface area contributed by atoms with Crippen LogP contribution in [0.5, 0.6) is 0 Å². The third kappa shape index (κ3) is 3.26. The molecule has 1 aliphatic heterocycles. The van der Waals surface area contributed by atoms with E-state index in [0.717, 1.165) is 17.7 Å². The summed E-state index contributed by atoms with van der Waals surface area (Å²) in [7, 11) is 0. The zero-order valence-electron chi connectivity index (χ0n) is 10.1. The molecule has 1 aromatic carbocycles. The van der Waals surface area contributed by atoms with Crippen molar-refractivity contribution in [3.05, 3.63) is 35.4 Å². The van der Waals surface area contributed by atoms with Gasteiger partial charge in [-0.25, -0.2) is 0 Å². The molecule has 0 aliphatic carbocycles. The predicted molar refractivity (Wildman–Crippen MR) is 62.8 cm³/mol. The molecular weight excluding hydrogens is 259 g/mol. The van der Waals surface area contributed by atoms with Crippen molar-refractivity contribution < 1.29 is 23.1 Å². The van der Waals surface area contributed by atoms with E-state index in [1.165, 1.54) is 12.1 Å². The van der Waals surface area contributed by atoms with Gasteiger partial charge in [-0.3, -0.25) is 4.79 Å². The fourth-order valence-corrected chi connectivity index (χ4v) is 2.30. The van der Waals surface area contributed by atoms with Crippen molar-refractivity contribution in [2.24, 2.45) is 0 Å². The Kier molecular flexibility index (Phi) is 3.80. The molecule has 104 valence electrons. The Morgan fingerprint density at radius 1 is 1.21 bits per heavy atom. The molecule has 2 unspecified atom stereocenters. The van der Waals surface area contributed by atoms with Gasteiger partial charge in [-0.15, -0.1) is 0 Å². The van der Waals surface area contributed by atoms with Crippen molar-refractivity contribution in [1.82, 2.24) is 5.32 Å². The number of carboxylic acid groups (broad SMARTS) is 1. The summed E-state index contributed by atoms with van der Waals surface area (Å²) in [5.74, 6) is -0.816. The Hall–Kier alpha value is -1.56. The summed E-state index contributed by atoms with van der Waals surface area (Å²) in [6, 6.07) is 4.52. The normalized spacial score (nSPS) is 24.2. The van der Waals surface area contributed by atoms with E-state index in [2.05, 4.69) is 5.32 Å². The summed E-state index contributed by atoms with van der Waals surface area (Å²) in [6.07, 6.45) is -3.17. The van der Waals surface area contributed by atoms with Gasteiger partial charge < -0.3 is 10.4 Å². The molecule has 0 aromatic heterocycles. The minimum absolute atomic E-state index is 0.0675. The minimum atomic E-state index is -4.32. The van der Waals surface area contributed by atoms with E-state index in [4.69, 9.17) is 5.11 Å². The standard InChI is InChI=1S/C13H14F3NO2/c14-13(15,16)10-4-1-8(2-5-10)9-3-6-11(12(18)19)17-7-9/h1-2,4-5,9,11,17H,3,6-7H2,(H,18,19). The number of piperidine rings is 1. The SMILES string of the molecule is O=C(O)C1CCC(c2ccc(C(F)(F)F)cc2)CN1. The second-order valence-electron chi connectivity index (χ2n) is 4.69. The Morgan fingerprint density at radius 3 is 2.26 bits per heavy atom. The van der Waals surface area contributed by atoms with Crippen LogP contribution < -0.4 is 5.32 Å². The molecule has 1 aromatic rings. The average molecular weight is 273 g/mol. The van der Waals surface area contributed by atoms with Crippen LogP contribution in [0.2, 0.25) is 0 Å². The van der Waals surface area contributed by atoms with Crippen LogP contribution >= 0.6 is 0 Å². The molecule has 0 radical (unpaired) electrons. The number of rotatable bonds is 2. The molecule has 3 nitrogen and oxygen atoms in total. The number of aliphatic carboxylic acids is 1. The first-order chi connectivity index (χ1) is 8.88. The van der Waals surface area contributed by atoms with Crippen LogP contribution in [0.25, 0.3) is 0 Å². The lowest BCUT2D eigenvalue weighted by molar-refractivity contribution is -0.140. The van der Waals surface area contributed by atoms with Gasteiger partial charge >= 0.3 is 12.1 Å². The molecule has 6 heteroatoms. The molecule has 0 spiro atoms. The Bertz CT molecular complexity index is 448. The van der Waals surface area contributed by atoms with Crippen molar-refractivity contribution in [2.75, 3.05) is 6.54 Å². The highest BCUT2D eigenvalue weighted by atomic mass is 19.4. The lowest BCUT2D eigenvalue weighted by atomic mass is 9.88. The van der Waals surface area contributed by atoms with E-state index < -0.39 is 23.8 Å². The third-order valence-corrected chi connectivity index (χ3v) is 3.42. The number of carbonyl (C=O) groups is 1. The van der Waals surface area contributed by atoms with Gasteiger partial charge in [0.25, 0.3) is 0 Å². The quantitative estimate of drug-likeness (QED) is 0.871. The molecule has 2 atom stereocenters. The first-order valence-electron chi connectivity index (χ1n) is 6.01. The first kappa shape index (κ1) is 13.9. The fourth-order valence-electron chi connectivity index (χ4n) is 2.30. The fraction of sp³-hybridized carbons (Fsp3) is 0.462. The molecule has 2 rings (SSSR count). The molecule has 2 N–H and O–H groups in total. The number of benzene rings is 1. The van der Waals surface area contributed by atoms with Crippen LogP contribution in [0.15, 0.2) is 24.3 Å². The third-order valence-electron chi connectivity index (χ3n) is 3.42. The predicted octanol–water partition coefficient (Wildman–Crippen LogP) is 2.63.